The van der Waals surface area contributed by atoms with Crippen LogP contribution in [-0.4, -0.2) is 61.7 Å². The molecule has 1 amide bonds. The van der Waals surface area contributed by atoms with Gasteiger partial charge < -0.3 is 14.6 Å². The summed E-state index contributed by atoms with van der Waals surface area (Å²) in [6.07, 6.45) is -0.275. The van der Waals surface area contributed by atoms with Gasteiger partial charge in [0, 0.05) is 24.1 Å². The van der Waals surface area contributed by atoms with Crippen LogP contribution in [0.5, 0.6) is 11.5 Å². The van der Waals surface area contributed by atoms with Crippen molar-refractivity contribution in [2.24, 2.45) is 5.92 Å². The molecular weight excluding hydrogens is 549 g/mol. The Bertz CT molecular complexity index is 1130. The zero-order valence-corrected chi connectivity index (χ0v) is 24.0. The molecule has 2 aromatic rings. The lowest BCUT2D eigenvalue weighted by Crippen LogP contribution is -2.41. The molecule has 0 bridgehead atoms. The standard InChI is InChI=1S/C25H32Cl3NO6S/c1-16(12-26)14-35-24-22(27)10-19(11-23(24)28)25(3,4)18-6-8-21(9-7-18)34-15-20(31)13-29(17(2)30)36(5,32)33/h6-11,16,20,31H,12-15H2,1-5H3/t16-,20-/m1/s1. The Kier molecular flexibility index (Phi) is 10.8. The summed E-state index contributed by atoms with van der Waals surface area (Å²) in [6, 6.07) is 10.9. The second-order valence-electron chi connectivity index (χ2n) is 9.27. The first-order valence-electron chi connectivity index (χ1n) is 11.2. The highest BCUT2D eigenvalue weighted by Gasteiger charge is 2.26. The highest BCUT2D eigenvalue weighted by molar-refractivity contribution is 7.88. The minimum atomic E-state index is -3.77. The maximum absolute atomic E-state index is 11.7. The first-order valence-corrected chi connectivity index (χ1v) is 14.4. The molecule has 2 atom stereocenters. The lowest BCUT2D eigenvalue weighted by molar-refractivity contribution is -0.125. The predicted molar refractivity (Wildman–Crippen MR) is 144 cm³/mol. The Morgan fingerprint density at radius 2 is 1.61 bits per heavy atom. The average molecular weight is 581 g/mol. The highest BCUT2D eigenvalue weighted by atomic mass is 35.5. The van der Waals surface area contributed by atoms with Crippen molar-refractivity contribution >= 4 is 50.7 Å². The summed E-state index contributed by atoms with van der Waals surface area (Å²) in [4.78, 5) is 11.5. The van der Waals surface area contributed by atoms with Crippen molar-refractivity contribution in [2.75, 3.05) is 31.9 Å². The van der Waals surface area contributed by atoms with Gasteiger partial charge in [-0.15, -0.1) is 11.6 Å². The number of ether oxygens (including phenoxy) is 2. The van der Waals surface area contributed by atoms with E-state index in [1.165, 1.54) is 0 Å². The van der Waals surface area contributed by atoms with Crippen molar-refractivity contribution in [1.82, 2.24) is 4.31 Å². The van der Waals surface area contributed by atoms with E-state index in [-0.39, 0.29) is 19.1 Å². The fourth-order valence-electron chi connectivity index (χ4n) is 3.40. The molecule has 11 heteroatoms. The van der Waals surface area contributed by atoms with Gasteiger partial charge in [-0.3, -0.25) is 4.79 Å². The lowest BCUT2D eigenvalue weighted by Gasteiger charge is -2.27. The molecular formula is C25H32Cl3NO6S. The molecule has 0 saturated carbocycles. The third-order valence-electron chi connectivity index (χ3n) is 5.64. The van der Waals surface area contributed by atoms with E-state index in [1.807, 2.05) is 45.0 Å². The smallest absolute Gasteiger partial charge is 0.234 e. The molecule has 2 aromatic carbocycles. The number of alkyl halides is 1. The van der Waals surface area contributed by atoms with Crippen molar-refractivity contribution in [1.29, 1.82) is 0 Å². The van der Waals surface area contributed by atoms with E-state index < -0.39 is 27.4 Å². The zero-order chi connectivity index (χ0) is 27.3. The van der Waals surface area contributed by atoms with Gasteiger partial charge >= 0.3 is 0 Å². The molecule has 0 fully saturated rings. The van der Waals surface area contributed by atoms with Crippen LogP contribution in [0.4, 0.5) is 0 Å². The lowest BCUT2D eigenvalue weighted by atomic mass is 9.78. The number of sulfonamides is 1. The number of hydrogen-bond acceptors (Lipinski definition) is 6. The molecule has 0 aromatic heterocycles. The molecule has 7 nitrogen and oxygen atoms in total. The number of benzene rings is 2. The number of aliphatic hydroxyl groups excluding tert-OH is 1. The number of aliphatic hydroxyl groups is 1. The van der Waals surface area contributed by atoms with Crippen LogP contribution in [0.3, 0.4) is 0 Å². The summed E-state index contributed by atoms with van der Waals surface area (Å²) in [6.45, 7) is 7.00. The molecule has 0 aliphatic rings. The summed E-state index contributed by atoms with van der Waals surface area (Å²) in [5, 5.41) is 11.0. The van der Waals surface area contributed by atoms with E-state index in [9.17, 15) is 18.3 Å². The Hall–Kier alpha value is -1.71. The van der Waals surface area contributed by atoms with Gasteiger partial charge in [-0.25, -0.2) is 12.7 Å². The van der Waals surface area contributed by atoms with Crippen molar-refractivity contribution in [3.63, 3.8) is 0 Å². The third-order valence-corrected chi connectivity index (χ3v) is 7.94. The second-order valence-corrected chi connectivity index (χ2v) is 12.3. The van der Waals surface area contributed by atoms with E-state index in [2.05, 4.69) is 0 Å². The Morgan fingerprint density at radius 3 is 2.08 bits per heavy atom. The summed E-state index contributed by atoms with van der Waals surface area (Å²) in [7, 11) is -3.77. The molecule has 0 heterocycles. The number of rotatable bonds is 12. The number of halogens is 3. The quantitative estimate of drug-likeness (QED) is 0.350. The van der Waals surface area contributed by atoms with E-state index >= 15 is 0 Å². The predicted octanol–water partition coefficient (Wildman–Crippen LogP) is 5.12. The van der Waals surface area contributed by atoms with E-state index in [1.54, 1.807) is 12.1 Å². The SMILES string of the molecule is CC(=O)N(C[C@@H](O)COc1ccc(C(C)(C)c2cc(Cl)c(OC[C@H](C)CCl)c(Cl)c2)cc1)S(C)(=O)=O. The Morgan fingerprint density at radius 1 is 1.06 bits per heavy atom. The second kappa shape index (κ2) is 12.7. The van der Waals surface area contributed by atoms with Gasteiger partial charge in [0.25, 0.3) is 0 Å². The van der Waals surface area contributed by atoms with Crippen molar-refractivity contribution in [3.05, 3.63) is 57.6 Å². The normalized spacial score (nSPS) is 13.7. The topological polar surface area (TPSA) is 93.1 Å². The molecule has 0 unspecified atom stereocenters. The van der Waals surface area contributed by atoms with Gasteiger partial charge in [-0.05, 0) is 35.4 Å². The monoisotopic (exact) mass is 579 g/mol. The van der Waals surface area contributed by atoms with Gasteiger partial charge in [0.2, 0.25) is 15.9 Å². The Balaban J connectivity index is 2.10. The molecule has 200 valence electrons. The molecule has 36 heavy (non-hydrogen) atoms. The minimum Gasteiger partial charge on any atom is -0.491 e. The van der Waals surface area contributed by atoms with Crippen LogP contribution in [-0.2, 0) is 20.2 Å². The number of hydrogen-bond donors (Lipinski definition) is 1. The largest absolute Gasteiger partial charge is 0.491 e. The molecule has 1 N–H and O–H groups in total. The van der Waals surface area contributed by atoms with Crippen LogP contribution in [0.2, 0.25) is 10.0 Å². The van der Waals surface area contributed by atoms with Crippen molar-refractivity contribution in [3.8, 4) is 11.5 Å². The number of nitrogens with zero attached hydrogens (tertiary/aromatic N) is 1. The average Bonchev–Trinajstić information content (AvgIpc) is 2.79. The van der Waals surface area contributed by atoms with Gasteiger partial charge in [0.1, 0.15) is 18.5 Å². The Labute approximate surface area is 228 Å². The summed E-state index contributed by atoms with van der Waals surface area (Å²) < 4.78 is 35.3. The summed E-state index contributed by atoms with van der Waals surface area (Å²) in [5.74, 6) is 0.862. The molecule has 0 aliphatic heterocycles. The van der Waals surface area contributed by atoms with Crippen LogP contribution >= 0.6 is 34.8 Å². The maximum Gasteiger partial charge on any atom is 0.234 e. The molecule has 0 spiro atoms. The first kappa shape index (κ1) is 30.5. The van der Waals surface area contributed by atoms with Crippen molar-refractivity contribution < 1.29 is 27.8 Å². The third kappa shape index (κ3) is 8.15. The summed E-state index contributed by atoms with van der Waals surface area (Å²) >= 11 is 18.8. The highest BCUT2D eigenvalue weighted by Crippen LogP contribution is 2.40. The number of carbonyl (C=O) groups excluding carboxylic acids is 1. The maximum atomic E-state index is 11.7. The fraction of sp³-hybridized carbons (Fsp3) is 0.480. The van der Waals surface area contributed by atoms with Gasteiger partial charge in [0.15, 0.2) is 5.75 Å². The fourth-order valence-corrected chi connectivity index (χ4v) is 4.99. The van der Waals surface area contributed by atoms with E-state index in [0.29, 0.717) is 38.3 Å². The molecule has 2 rings (SSSR count). The van der Waals surface area contributed by atoms with Gasteiger partial charge in [-0.1, -0.05) is 56.1 Å². The first-order chi connectivity index (χ1) is 16.7. The van der Waals surface area contributed by atoms with Gasteiger partial charge in [-0.2, -0.15) is 0 Å². The molecule has 0 aliphatic carbocycles. The van der Waals surface area contributed by atoms with Crippen LogP contribution in [0.25, 0.3) is 0 Å². The van der Waals surface area contributed by atoms with Crippen LogP contribution < -0.4 is 9.47 Å². The van der Waals surface area contributed by atoms with E-state index in [0.717, 1.165) is 24.3 Å². The van der Waals surface area contributed by atoms with E-state index in [4.69, 9.17) is 44.3 Å². The summed E-state index contributed by atoms with van der Waals surface area (Å²) in [5.41, 5.74) is 1.40. The van der Waals surface area contributed by atoms with Crippen LogP contribution in [0.1, 0.15) is 38.8 Å². The molecule has 0 radical (unpaired) electrons. The number of carbonyl (C=O) groups is 1. The van der Waals surface area contributed by atoms with Crippen molar-refractivity contribution in [2.45, 2.75) is 39.2 Å². The zero-order valence-electron chi connectivity index (χ0n) is 20.9. The van der Waals surface area contributed by atoms with Crippen LogP contribution in [0.15, 0.2) is 36.4 Å². The number of amides is 1. The molecule has 0 saturated heterocycles. The minimum absolute atomic E-state index is 0.157. The van der Waals surface area contributed by atoms with Crippen LogP contribution in [0, 0.1) is 5.92 Å². The van der Waals surface area contributed by atoms with Gasteiger partial charge in [0.05, 0.1) is 29.5 Å².